The number of carboxylic acids is 1. The lowest BCUT2D eigenvalue weighted by Crippen LogP contribution is -2.48. The molecule has 6 nitrogen and oxygen atoms in total. The Labute approximate surface area is 90.6 Å². The standard InChI is InChI=1S/C8H14F2N2O4/c1-4(13)12-5(8(15)16)2-11-3-6(14)7(9)10/h5-7,11,14H,2-3H2,1H3,(H,12,13)(H,15,16). The van der Waals surface area contributed by atoms with Crippen LogP contribution in [-0.4, -0.2) is 53.8 Å². The summed E-state index contributed by atoms with van der Waals surface area (Å²) >= 11 is 0. The molecule has 0 aromatic heterocycles. The molecule has 4 N–H and O–H groups in total. The van der Waals surface area contributed by atoms with Gasteiger partial charge in [-0.05, 0) is 0 Å². The highest BCUT2D eigenvalue weighted by molar-refractivity contribution is 5.82. The maximum atomic E-state index is 11.8. The predicted molar refractivity (Wildman–Crippen MR) is 50.1 cm³/mol. The number of rotatable bonds is 7. The van der Waals surface area contributed by atoms with E-state index in [1.165, 1.54) is 0 Å². The van der Waals surface area contributed by atoms with Crippen molar-refractivity contribution in [1.82, 2.24) is 10.6 Å². The minimum atomic E-state index is -2.89. The second kappa shape index (κ2) is 7.07. The Bertz CT molecular complexity index is 250. The molecule has 0 bridgehead atoms. The van der Waals surface area contributed by atoms with Gasteiger partial charge in [-0.25, -0.2) is 13.6 Å². The molecule has 0 fully saturated rings. The van der Waals surface area contributed by atoms with Crippen LogP contribution >= 0.6 is 0 Å². The smallest absolute Gasteiger partial charge is 0.327 e. The van der Waals surface area contributed by atoms with Gasteiger partial charge in [0.05, 0.1) is 0 Å². The number of carboxylic acid groups (broad SMARTS) is 1. The van der Waals surface area contributed by atoms with Crippen LogP contribution in [0.15, 0.2) is 0 Å². The Morgan fingerprint density at radius 1 is 1.31 bits per heavy atom. The van der Waals surface area contributed by atoms with E-state index in [-0.39, 0.29) is 6.54 Å². The lowest BCUT2D eigenvalue weighted by atomic mass is 10.2. The molecule has 1 amide bonds. The molecule has 2 atom stereocenters. The minimum absolute atomic E-state index is 0.237. The van der Waals surface area contributed by atoms with Crippen molar-refractivity contribution in [1.29, 1.82) is 0 Å². The van der Waals surface area contributed by atoms with Crippen LogP contribution in [-0.2, 0) is 9.59 Å². The SMILES string of the molecule is CC(=O)NC(CNCC(O)C(F)F)C(=O)O. The Morgan fingerprint density at radius 3 is 2.25 bits per heavy atom. The van der Waals surface area contributed by atoms with E-state index in [4.69, 9.17) is 10.2 Å². The van der Waals surface area contributed by atoms with Crippen LogP contribution in [0.25, 0.3) is 0 Å². The van der Waals surface area contributed by atoms with Gasteiger partial charge in [0.25, 0.3) is 6.43 Å². The van der Waals surface area contributed by atoms with E-state index in [2.05, 4.69) is 10.6 Å². The van der Waals surface area contributed by atoms with Gasteiger partial charge in [0.1, 0.15) is 12.1 Å². The fourth-order valence-corrected chi connectivity index (χ4v) is 0.910. The predicted octanol–water partition coefficient (Wildman–Crippen LogP) is -1.21. The molecule has 0 aliphatic rings. The third-order valence-corrected chi connectivity index (χ3v) is 1.67. The van der Waals surface area contributed by atoms with Gasteiger partial charge >= 0.3 is 5.97 Å². The molecule has 0 heterocycles. The number of amides is 1. The summed E-state index contributed by atoms with van der Waals surface area (Å²) in [5.74, 6) is -1.82. The molecule has 94 valence electrons. The van der Waals surface area contributed by atoms with Gasteiger partial charge in [-0.15, -0.1) is 0 Å². The van der Waals surface area contributed by atoms with Crippen LogP contribution < -0.4 is 10.6 Å². The first-order valence-electron chi connectivity index (χ1n) is 4.51. The Hall–Kier alpha value is -1.28. The number of aliphatic carboxylic acids is 1. The average Bonchev–Trinajstić information content (AvgIpc) is 2.14. The average molecular weight is 240 g/mol. The summed E-state index contributed by atoms with van der Waals surface area (Å²) in [5, 5.41) is 21.8. The second-order valence-corrected chi connectivity index (χ2v) is 3.15. The van der Waals surface area contributed by atoms with Gasteiger partial charge in [0, 0.05) is 20.0 Å². The zero-order valence-electron chi connectivity index (χ0n) is 8.61. The summed E-state index contributed by atoms with van der Waals surface area (Å²) < 4.78 is 23.7. The fraction of sp³-hybridized carbons (Fsp3) is 0.750. The molecular weight excluding hydrogens is 226 g/mol. The number of hydrogen-bond donors (Lipinski definition) is 4. The van der Waals surface area contributed by atoms with Crippen LogP contribution in [0, 0.1) is 0 Å². The molecule has 0 spiro atoms. The zero-order chi connectivity index (χ0) is 12.7. The number of nitrogens with one attached hydrogen (secondary N) is 2. The summed E-state index contributed by atoms with van der Waals surface area (Å²) in [7, 11) is 0. The molecule has 0 aromatic rings. The highest BCUT2D eigenvalue weighted by Crippen LogP contribution is 1.98. The molecule has 8 heteroatoms. The maximum Gasteiger partial charge on any atom is 0.327 e. The summed E-state index contributed by atoms with van der Waals surface area (Å²) in [4.78, 5) is 21.2. The largest absolute Gasteiger partial charge is 0.480 e. The van der Waals surface area contributed by atoms with Gasteiger partial charge in [-0.3, -0.25) is 4.79 Å². The maximum absolute atomic E-state index is 11.8. The van der Waals surface area contributed by atoms with E-state index in [0.29, 0.717) is 0 Å². The number of carbonyl (C=O) groups excluding carboxylic acids is 1. The third kappa shape index (κ3) is 6.25. The fourth-order valence-electron chi connectivity index (χ4n) is 0.910. The van der Waals surface area contributed by atoms with Crippen LogP contribution in [0.4, 0.5) is 8.78 Å². The van der Waals surface area contributed by atoms with Crippen LogP contribution in [0.1, 0.15) is 6.92 Å². The first-order chi connectivity index (χ1) is 7.34. The van der Waals surface area contributed by atoms with Crippen LogP contribution in [0.3, 0.4) is 0 Å². The monoisotopic (exact) mass is 240 g/mol. The van der Waals surface area contributed by atoms with Crippen molar-refractivity contribution >= 4 is 11.9 Å². The van der Waals surface area contributed by atoms with Crippen molar-refractivity contribution in [2.45, 2.75) is 25.5 Å². The number of carbonyl (C=O) groups is 2. The molecule has 16 heavy (non-hydrogen) atoms. The van der Waals surface area contributed by atoms with Gasteiger partial charge in [-0.1, -0.05) is 0 Å². The van der Waals surface area contributed by atoms with Crippen LogP contribution in [0.2, 0.25) is 0 Å². The van der Waals surface area contributed by atoms with Crippen LogP contribution in [0.5, 0.6) is 0 Å². The van der Waals surface area contributed by atoms with Crippen molar-refractivity contribution in [2.75, 3.05) is 13.1 Å². The summed E-state index contributed by atoms with van der Waals surface area (Å²) in [6, 6.07) is -1.21. The zero-order valence-corrected chi connectivity index (χ0v) is 8.61. The molecule has 0 rings (SSSR count). The molecular formula is C8H14F2N2O4. The van der Waals surface area contributed by atoms with Crippen molar-refractivity contribution in [2.24, 2.45) is 0 Å². The van der Waals surface area contributed by atoms with Gasteiger partial charge in [0.2, 0.25) is 5.91 Å². The quantitative estimate of drug-likeness (QED) is 0.447. The molecule has 0 aromatic carbocycles. The molecule has 0 saturated carbocycles. The molecule has 0 aliphatic carbocycles. The highest BCUT2D eigenvalue weighted by atomic mass is 19.3. The second-order valence-electron chi connectivity index (χ2n) is 3.15. The normalized spacial score (nSPS) is 14.6. The van der Waals surface area contributed by atoms with Crippen molar-refractivity contribution < 1.29 is 28.6 Å². The Morgan fingerprint density at radius 2 is 1.88 bits per heavy atom. The van der Waals surface area contributed by atoms with E-state index < -0.39 is 37.0 Å². The molecule has 2 unspecified atom stereocenters. The lowest BCUT2D eigenvalue weighted by Gasteiger charge is -2.15. The molecule has 0 saturated heterocycles. The Kier molecular flexibility index (Phi) is 6.50. The topological polar surface area (TPSA) is 98.7 Å². The van der Waals surface area contributed by atoms with Crippen molar-refractivity contribution in [3.05, 3.63) is 0 Å². The van der Waals surface area contributed by atoms with Gasteiger partial charge < -0.3 is 20.8 Å². The van der Waals surface area contributed by atoms with E-state index in [1.54, 1.807) is 0 Å². The summed E-state index contributed by atoms with van der Waals surface area (Å²) in [5.41, 5.74) is 0. The third-order valence-electron chi connectivity index (χ3n) is 1.67. The Balaban J connectivity index is 3.94. The van der Waals surface area contributed by atoms with E-state index in [9.17, 15) is 18.4 Å². The molecule has 0 aliphatic heterocycles. The minimum Gasteiger partial charge on any atom is -0.480 e. The first kappa shape index (κ1) is 14.7. The van der Waals surface area contributed by atoms with Crippen molar-refractivity contribution in [3.63, 3.8) is 0 Å². The summed E-state index contributed by atoms with van der Waals surface area (Å²) in [6.07, 6.45) is -4.75. The molecule has 0 radical (unpaired) electrons. The summed E-state index contributed by atoms with van der Waals surface area (Å²) in [6.45, 7) is 0.462. The lowest BCUT2D eigenvalue weighted by molar-refractivity contribution is -0.141. The number of aliphatic hydroxyl groups excluding tert-OH is 1. The number of aliphatic hydroxyl groups is 1. The van der Waals surface area contributed by atoms with Gasteiger partial charge in [-0.2, -0.15) is 0 Å². The van der Waals surface area contributed by atoms with Gasteiger partial charge in [0.15, 0.2) is 0 Å². The van der Waals surface area contributed by atoms with E-state index in [0.717, 1.165) is 6.92 Å². The van der Waals surface area contributed by atoms with E-state index in [1.807, 2.05) is 0 Å². The first-order valence-corrected chi connectivity index (χ1v) is 4.51. The number of alkyl halides is 2. The number of hydrogen-bond acceptors (Lipinski definition) is 4. The van der Waals surface area contributed by atoms with Crippen molar-refractivity contribution in [3.8, 4) is 0 Å². The number of halogens is 2. The highest BCUT2D eigenvalue weighted by Gasteiger charge is 2.20. The van der Waals surface area contributed by atoms with E-state index >= 15 is 0 Å².